The molecule has 1 heterocycles. The van der Waals surface area contributed by atoms with Gasteiger partial charge in [0.15, 0.2) is 5.69 Å². The third-order valence-corrected chi connectivity index (χ3v) is 2.67. The number of halogens is 2. The van der Waals surface area contributed by atoms with Gasteiger partial charge in [0.05, 0.1) is 12.8 Å². The number of hydrogen-bond acceptors (Lipinski definition) is 4. The van der Waals surface area contributed by atoms with Gasteiger partial charge in [-0.25, -0.2) is 14.2 Å². The van der Waals surface area contributed by atoms with Gasteiger partial charge in [-0.3, -0.25) is 0 Å². The van der Waals surface area contributed by atoms with Crippen molar-refractivity contribution in [3.8, 4) is 0 Å². The van der Waals surface area contributed by atoms with Gasteiger partial charge in [0.25, 0.3) is 0 Å². The lowest BCUT2D eigenvalue weighted by atomic mass is 10.1. The van der Waals surface area contributed by atoms with Crippen LogP contribution in [0.4, 0.5) is 10.1 Å². The van der Waals surface area contributed by atoms with Crippen molar-refractivity contribution < 1.29 is 13.9 Å². The Bertz CT molecular complexity index is 603. The Morgan fingerprint density at radius 1 is 1.30 bits per heavy atom. The molecular weight excluding hydrogens is 283 g/mol. The highest BCUT2D eigenvalue weighted by Gasteiger charge is 2.12. The minimum Gasteiger partial charge on any atom is -0.464 e. The molecule has 20 heavy (non-hydrogen) atoms. The predicted octanol–water partition coefficient (Wildman–Crippen LogP) is 2.60. The number of hydrogen-bond donors (Lipinski definition) is 1. The fourth-order valence-electron chi connectivity index (χ4n) is 1.73. The lowest BCUT2D eigenvalue weighted by Crippen LogP contribution is -2.09. The number of benzene rings is 1. The van der Waals surface area contributed by atoms with E-state index >= 15 is 0 Å². The van der Waals surface area contributed by atoms with Gasteiger partial charge in [-0.15, -0.1) is 12.4 Å². The van der Waals surface area contributed by atoms with Crippen molar-refractivity contribution in [3.05, 3.63) is 59.2 Å². The zero-order valence-corrected chi connectivity index (χ0v) is 11.6. The van der Waals surface area contributed by atoms with Crippen LogP contribution in [0.1, 0.15) is 21.6 Å². The molecule has 0 saturated heterocycles. The standard InChI is InChI=1S/C14H13FN2O2.ClH/c1-19-14(18)13-12(16)7-10(8-17-13)6-9-2-4-11(15)5-3-9;/h2-5,7-8H,6,16H2,1H3;1H. The van der Waals surface area contributed by atoms with Crippen LogP contribution in [-0.2, 0) is 11.2 Å². The monoisotopic (exact) mass is 296 g/mol. The van der Waals surface area contributed by atoms with Crippen molar-refractivity contribution in [2.75, 3.05) is 12.8 Å². The lowest BCUT2D eigenvalue weighted by molar-refractivity contribution is 0.0595. The van der Waals surface area contributed by atoms with Gasteiger partial charge in [0.2, 0.25) is 0 Å². The highest BCUT2D eigenvalue weighted by atomic mass is 35.5. The highest BCUT2D eigenvalue weighted by Crippen LogP contribution is 2.15. The maximum absolute atomic E-state index is 12.8. The molecule has 1 aromatic carbocycles. The number of pyridine rings is 1. The summed E-state index contributed by atoms with van der Waals surface area (Å²) in [6.07, 6.45) is 2.13. The summed E-state index contributed by atoms with van der Waals surface area (Å²) in [4.78, 5) is 15.3. The summed E-state index contributed by atoms with van der Waals surface area (Å²) >= 11 is 0. The molecule has 0 amide bonds. The minimum atomic E-state index is -0.564. The number of anilines is 1. The van der Waals surface area contributed by atoms with E-state index in [0.717, 1.165) is 11.1 Å². The van der Waals surface area contributed by atoms with Gasteiger partial charge in [-0.1, -0.05) is 12.1 Å². The van der Waals surface area contributed by atoms with Crippen LogP contribution in [0.25, 0.3) is 0 Å². The first kappa shape index (κ1) is 15.9. The molecule has 0 unspecified atom stereocenters. The number of carbonyl (C=O) groups excluding carboxylic acids is 1. The molecule has 0 fully saturated rings. The predicted molar refractivity (Wildman–Crippen MR) is 76.4 cm³/mol. The molecule has 0 aliphatic rings. The van der Waals surface area contributed by atoms with Crippen LogP contribution >= 0.6 is 12.4 Å². The van der Waals surface area contributed by atoms with E-state index in [1.165, 1.54) is 19.2 Å². The van der Waals surface area contributed by atoms with E-state index in [1.807, 2.05) is 0 Å². The smallest absolute Gasteiger partial charge is 0.358 e. The Balaban J connectivity index is 0.00000200. The van der Waals surface area contributed by atoms with E-state index in [1.54, 1.807) is 24.4 Å². The number of nitrogens with zero attached hydrogens (tertiary/aromatic N) is 1. The molecule has 1 aromatic heterocycles. The average molecular weight is 297 g/mol. The van der Waals surface area contributed by atoms with Crippen LogP contribution in [0.5, 0.6) is 0 Å². The van der Waals surface area contributed by atoms with Crippen LogP contribution in [0.3, 0.4) is 0 Å². The van der Waals surface area contributed by atoms with Crippen LogP contribution in [0, 0.1) is 5.82 Å². The quantitative estimate of drug-likeness (QED) is 0.884. The molecule has 0 bridgehead atoms. The number of aromatic nitrogens is 1. The maximum atomic E-state index is 12.8. The first-order chi connectivity index (χ1) is 9.10. The number of nitrogen functional groups attached to an aromatic ring is 1. The molecule has 0 radical (unpaired) electrons. The number of nitrogens with two attached hydrogens (primary N) is 1. The van der Waals surface area contributed by atoms with E-state index in [-0.39, 0.29) is 29.6 Å². The van der Waals surface area contributed by atoms with Crippen molar-refractivity contribution in [1.29, 1.82) is 0 Å². The Morgan fingerprint density at radius 3 is 2.50 bits per heavy atom. The molecule has 2 aromatic rings. The molecule has 6 heteroatoms. The molecule has 0 saturated carbocycles. The Kier molecular flexibility index (Phi) is 5.46. The van der Waals surface area contributed by atoms with E-state index < -0.39 is 5.97 Å². The molecule has 0 atom stereocenters. The largest absolute Gasteiger partial charge is 0.464 e. The van der Waals surface area contributed by atoms with Crippen LogP contribution in [0.15, 0.2) is 36.5 Å². The van der Waals surface area contributed by atoms with E-state index in [9.17, 15) is 9.18 Å². The summed E-state index contributed by atoms with van der Waals surface area (Å²) in [5.41, 5.74) is 7.91. The Labute approximate surface area is 122 Å². The van der Waals surface area contributed by atoms with Crippen LogP contribution in [0.2, 0.25) is 0 Å². The molecule has 2 rings (SSSR count). The van der Waals surface area contributed by atoms with Crippen molar-refractivity contribution in [3.63, 3.8) is 0 Å². The molecule has 0 spiro atoms. The van der Waals surface area contributed by atoms with E-state index in [2.05, 4.69) is 9.72 Å². The van der Waals surface area contributed by atoms with Gasteiger partial charge in [-0.2, -0.15) is 0 Å². The summed E-state index contributed by atoms with van der Waals surface area (Å²) < 4.78 is 17.4. The molecule has 4 nitrogen and oxygen atoms in total. The number of methoxy groups -OCH3 is 1. The second-order valence-corrected chi connectivity index (χ2v) is 4.08. The fraction of sp³-hybridized carbons (Fsp3) is 0.143. The van der Waals surface area contributed by atoms with Crippen molar-refractivity contribution >= 4 is 24.1 Å². The van der Waals surface area contributed by atoms with Gasteiger partial charge in [0.1, 0.15) is 5.82 Å². The van der Waals surface area contributed by atoms with E-state index in [4.69, 9.17) is 5.73 Å². The van der Waals surface area contributed by atoms with Gasteiger partial charge >= 0.3 is 5.97 Å². The first-order valence-electron chi connectivity index (χ1n) is 5.67. The zero-order valence-electron chi connectivity index (χ0n) is 10.8. The molecule has 2 N–H and O–H groups in total. The molecular formula is C14H14ClFN2O2. The Hall–Kier alpha value is -2.14. The number of ether oxygens (including phenoxy) is 1. The summed E-state index contributed by atoms with van der Waals surface area (Å²) in [5.74, 6) is -0.840. The van der Waals surface area contributed by atoms with Crippen LogP contribution < -0.4 is 5.73 Å². The van der Waals surface area contributed by atoms with Gasteiger partial charge in [0, 0.05) is 6.20 Å². The maximum Gasteiger partial charge on any atom is 0.358 e. The Morgan fingerprint density at radius 2 is 1.95 bits per heavy atom. The van der Waals surface area contributed by atoms with E-state index in [0.29, 0.717) is 6.42 Å². The second kappa shape index (κ2) is 6.86. The van der Waals surface area contributed by atoms with Crippen molar-refractivity contribution in [2.45, 2.75) is 6.42 Å². The van der Waals surface area contributed by atoms with Crippen molar-refractivity contribution in [1.82, 2.24) is 4.98 Å². The number of esters is 1. The van der Waals surface area contributed by atoms with Gasteiger partial charge < -0.3 is 10.5 Å². The second-order valence-electron chi connectivity index (χ2n) is 4.08. The SMILES string of the molecule is COC(=O)c1ncc(Cc2ccc(F)cc2)cc1N.Cl. The van der Waals surface area contributed by atoms with Gasteiger partial charge in [-0.05, 0) is 35.7 Å². The number of rotatable bonds is 3. The average Bonchev–Trinajstić information content (AvgIpc) is 2.41. The summed E-state index contributed by atoms with van der Waals surface area (Å²) in [5, 5.41) is 0. The molecule has 106 valence electrons. The number of carbonyl (C=O) groups is 1. The molecule has 0 aliphatic heterocycles. The first-order valence-corrected chi connectivity index (χ1v) is 5.67. The molecule has 0 aliphatic carbocycles. The summed E-state index contributed by atoms with van der Waals surface area (Å²) in [6.45, 7) is 0. The lowest BCUT2D eigenvalue weighted by Gasteiger charge is -2.06. The zero-order chi connectivity index (χ0) is 13.8. The fourth-order valence-corrected chi connectivity index (χ4v) is 1.73. The third kappa shape index (κ3) is 3.68. The highest BCUT2D eigenvalue weighted by molar-refractivity contribution is 5.92. The summed E-state index contributed by atoms with van der Waals surface area (Å²) in [6, 6.07) is 7.85. The summed E-state index contributed by atoms with van der Waals surface area (Å²) in [7, 11) is 1.27. The normalized spacial score (nSPS) is 9.70. The third-order valence-electron chi connectivity index (χ3n) is 2.67. The van der Waals surface area contributed by atoms with Crippen LogP contribution in [-0.4, -0.2) is 18.1 Å². The topological polar surface area (TPSA) is 65.2 Å². The van der Waals surface area contributed by atoms with Crippen molar-refractivity contribution in [2.24, 2.45) is 0 Å². The minimum absolute atomic E-state index is 0.